The van der Waals surface area contributed by atoms with Crippen LogP contribution in [0.1, 0.15) is 25.7 Å². The van der Waals surface area contributed by atoms with E-state index in [-0.39, 0.29) is 36.5 Å². The van der Waals surface area contributed by atoms with Gasteiger partial charge in [0.25, 0.3) is 5.91 Å². The highest BCUT2D eigenvalue weighted by molar-refractivity contribution is 5.98. The molecule has 0 aromatic heterocycles. The molecular formula is C24H27F3N6O3. The minimum atomic E-state index is -1.35. The molecule has 4 rings (SSSR count). The van der Waals surface area contributed by atoms with E-state index < -0.39 is 41.6 Å². The molecule has 12 heteroatoms. The van der Waals surface area contributed by atoms with Crippen LogP contribution in [0, 0.1) is 17.5 Å². The van der Waals surface area contributed by atoms with E-state index in [1.807, 2.05) is 0 Å². The molecule has 0 radical (unpaired) electrons. The van der Waals surface area contributed by atoms with Gasteiger partial charge < -0.3 is 21.7 Å². The zero-order valence-corrected chi connectivity index (χ0v) is 19.3. The Balaban J connectivity index is 1.53. The van der Waals surface area contributed by atoms with Crippen molar-refractivity contribution in [1.82, 2.24) is 15.1 Å². The Bertz CT molecular complexity index is 1140. The van der Waals surface area contributed by atoms with Gasteiger partial charge in [-0.3, -0.25) is 14.6 Å². The minimum Gasteiger partial charge on any atom is -0.350 e. The first-order valence-electron chi connectivity index (χ1n) is 11.6. The first-order chi connectivity index (χ1) is 17.2. The van der Waals surface area contributed by atoms with Crippen molar-refractivity contribution in [2.24, 2.45) is 5.73 Å². The zero-order valence-electron chi connectivity index (χ0n) is 19.3. The SMILES string of the molecule is NC1CCC(NC(=O)C2N(C(=O)Nc3cccc(F)c3)CCN2C(=O)Nc2ccc(F)cc2F)CC1. The first kappa shape index (κ1) is 25.3. The van der Waals surface area contributed by atoms with Crippen molar-refractivity contribution in [2.75, 3.05) is 23.7 Å². The molecule has 5 amide bonds. The third-order valence-electron chi connectivity index (χ3n) is 6.30. The average molecular weight is 505 g/mol. The fourth-order valence-corrected chi connectivity index (χ4v) is 4.42. The van der Waals surface area contributed by atoms with E-state index >= 15 is 0 Å². The second-order valence-corrected chi connectivity index (χ2v) is 8.88. The standard InChI is InChI=1S/C24H27F3N6O3/c25-14-2-1-3-18(12-14)30-23(35)32-10-11-33(24(36)31-20-9-4-15(26)13-19(20)27)22(32)21(34)29-17-7-5-16(28)6-8-17/h1-4,9,12-13,16-17,22H,5-8,10-11,28H2,(H,29,34)(H,30,35)(H,31,36). The Morgan fingerprint density at radius 1 is 0.833 bits per heavy atom. The predicted molar refractivity (Wildman–Crippen MR) is 126 cm³/mol. The third-order valence-corrected chi connectivity index (χ3v) is 6.30. The number of anilines is 2. The van der Waals surface area contributed by atoms with Crippen LogP contribution in [0.4, 0.5) is 34.1 Å². The van der Waals surface area contributed by atoms with Crippen LogP contribution in [0.2, 0.25) is 0 Å². The molecule has 1 atom stereocenters. The van der Waals surface area contributed by atoms with E-state index in [9.17, 15) is 27.6 Å². The van der Waals surface area contributed by atoms with Gasteiger partial charge in [-0.2, -0.15) is 0 Å². The van der Waals surface area contributed by atoms with Crippen LogP contribution < -0.4 is 21.7 Å². The number of rotatable bonds is 4. The van der Waals surface area contributed by atoms with E-state index in [0.717, 1.165) is 40.8 Å². The number of urea groups is 2. The van der Waals surface area contributed by atoms with Crippen LogP contribution >= 0.6 is 0 Å². The summed E-state index contributed by atoms with van der Waals surface area (Å²) in [4.78, 5) is 41.6. The van der Waals surface area contributed by atoms with E-state index in [1.54, 1.807) is 0 Å². The molecule has 9 nitrogen and oxygen atoms in total. The van der Waals surface area contributed by atoms with Gasteiger partial charge in [0, 0.05) is 36.9 Å². The summed E-state index contributed by atoms with van der Waals surface area (Å²) in [5.74, 6) is -2.93. The quantitative estimate of drug-likeness (QED) is 0.511. The number of carbonyl (C=O) groups is 3. The maximum atomic E-state index is 14.1. The van der Waals surface area contributed by atoms with Crippen molar-refractivity contribution in [1.29, 1.82) is 0 Å². The van der Waals surface area contributed by atoms with Gasteiger partial charge >= 0.3 is 12.1 Å². The second-order valence-electron chi connectivity index (χ2n) is 8.88. The van der Waals surface area contributed by atoms with E-state index in [2.05, 4.69) is 16.0 Å². The van der Waals surface area contributed by atoms with Gasteiger partial charge in [-0.05, 0) is 56.0 Å². The molecule has 1 unspecified atom stereocenters. The lowest BCUT2D eigenvalue weighted by Gasteiger charge is -2.32. The number of carbonyl (C=O) groups excluding carboxylic acids is 3. The molecule has 192 valence electrons. The summed E-state index contributed by atoms with van der Waals surface area (Å²) in [5.41, 5.74) is 5.84. The number of amides is 5. The summed E-state index contributed by atoms with van der Waals surface area (Å²) >= 11 is 0. The maximum absolute atomic E-state index is 14.1. The van der Waals surface area contributed by atoms with Crippen molar-refractivity contribution in [3.8, 4) is 0 Å². The fourth-order valence-electron chi connectivity index (χ4n) is 4.42. The molecule has 1 saturated carbocycles. The highest BCUT2D eigenvalue weighted by atomic mass is 19.1. The Kier molecular flexibility index (Phi) is 7.63. The molecule has 2 aromatic rings. The van der Waals surface area contributed by atoms with Gasteiger partial charge in [0.1, 0.15) is 17.5 Å². The van der Waals surface area contributed by atoms with Crippen molar-refractivity contribution in [2.45, 2.75) is 43.9 Å². The molecule has 1 aliphatic heterocycles. The van der Waals surface area contributed by atoms with Gasteiger partial charge in [0.15, 0.2) is 6.17 Å². The number of halogens is 3. The summed E-state index contributed by atoms with van der Waals surface area (Å²) in [6.07, 6.45) is 1.42. The van der Waals surface area contributed by atoms with Gasteiger partial charge in [-0.15, -0.1) is 0 Å². The van der Waals surface area contributed by atoms with E-state index in [0.29, 0.717) is 18.9 Å². The predicted octanol–water partition coefficient (Wildman–Crippen LogP) is 3.20. The fraction of sp³-hybridized carbons (Fsp3) is 0.375. The smallest absolute Gasteiger partial charge is 0.324 e. The number of nitrogens with zero attached hydrogens (tertiary/aromatic N) is 2. The van der Waals surface area contributed by atoms with Crippen LogP contribution in [0.25, 0.3) is 0 Å². The Hall–Kier alpha value is -3.80. The molecule has 1 aliphatic carbocycles. The number of hydrogen-bond acceptors (Lipinski definition) is 4. The van der Waals surface area contributed by atoms with Crippen molar-refractivity contribution >= 4 is 29.3 Å². The first-order valence-corrected chi connectivity index (χ1v) is 11.6. The number of nitrogens with two attached hydrogens (primary N) is 1. The Morgan fingerprint density at radius 2 is 1.47 bits per heavy atom. The van der Waals surface area contributed by atoms with Gasteiger partial charge in [-0.25, -0.2) is 22.8 Å². The summed E-state index contributed by atoms with van der Waals surface area (Å²) in [7, 11) is 0. The molecule has 1 heterocycles. The molecule has 0 bridgehead atoms. The molecule has 5 N–H and O–H groups in total. The van der Waals surface area contributed by atoms with Gasteiger partial charge in [0.2, 0.25) is 0 Å². The van der Waals surface area contributed by atoms with Crippen LogP contribution in [0.3, 0.4) is 0 Å². The van der Waals surface area contributed by atoms with Gasteiger partial charge in [0.05, 0.1) is 5.69 Å². The van der Waals surface area contributed by atoms with E-state index in [4.69, 9.17) is 5.73 Å². The largest absolute Gasteiger partial charge is 0.350 e. The summed E-state index contributed by atoms with van der Waals surface area (Å²) in [5, 5.41) is 7.75. The monoisotopic (exact) mass is 504 g/mol. The van der Waals surface area contributed by atoms with Crippen molar-refractivity contribution in [3.63, 3.8) is 0 Å². The number of hydrogen-bond donors (Lipinski definition) is 4. The molecule has 36 heavy (non-hydrogen) atoms. The van der Waals surface area contributed by atoms with Crippen molar-refractivity contribution in [3.05, 3.63) is 59.9 Å². The lowest BCUT2D eigenvalue weighted by molar-refractivity contribution is -0.128. The highest BCUT2D eigenvalue weighted by Gasteiger charge is 2.43. The molecule has 1 saturated heterocycles. The lowest BCUT2D eigenvalue weighted by atomic mass is 9.92. The minimum absolute atomic E-state index is 0.00586. The topological polar surface area (TPSA) is 120 Å². The highest BCUT2D eigenvalue weighted by Crippen LogP contribution is 2.23. The number of nitrogens with one attached hydrogen (secondary N) is 3. The Morgan fingerprint density at radius 3 is 2.11 bits per heavy atom. The molecule has 2 fully saturated rings. The van der Waals surface area contributed by atoms with Crippen LogP contribution in [-0.4, -0.2) is 59.1 Å². The number of benzene rings is 2. The average Bonchev–Trinajstić information content (AvgIpc) is 3.28. The Labute approximate surface area is 205 Å². The second kappa shape index (κ2) is 10.9. The summed E-state index contributed by atoms with van der Waals surface area (Å²) in [6.45, 7) is -0.0348. The third kappa shape index (κ3) is 5.88. The van der Waals surface area contributed by atoms with Crippen LogP contribution in [0.15, 0.2) is 42.5 Å². The normalized spacial score (nSPS) is 21.7. The van der Waals surface area contributed by atoms with Gasteiger partial charge in [-0.1, -0.05) is 6.07 Å². The molecular weight excluding hydrogens is 477 g/mol. The van der Waals surface area contributed by atoms with Crippen LogP contribution in [0.5, 0.6) is 0 Å². The van der Waals surface area contributed by atoms with Crippen molar-refractivity contribution < 1.29 is 27.6 Å². The van der Waals surface area contributed by atoms with E-state index in [1.165, 1.54) is 18.2 Å². The van der Waals surface area contributed by atoms with Crippen LogP contribution in [-0.2, 0) is 4.79 Å². The maximum Gasteiger partial charge on any atom is 0.324 e. The molecule has 0 spiro atoms. The molecule has 2 aromatic carbocycles. The molecule has 2 aliphatic rings. The lowest BCUT2D eigenvalue weighted by Crippen LogP contribution is -2.57. The zero-order chi connectivity index (χ0) is 25.8. The summed E-state index contributed by atoms with van der Waals surface area (Å²) < 4.78 is 40.9. The summed E-state index contributed by atoms with van der Waals surface area (Å²) in [6, 6.07) is 6.25.